The van der Waals surface area contributed by atoms with Crippen LogP contribution in [0.25, 0.3) is 11.3 Å². The molecular formula is C28H35NO6. The quantitative estimate of drug-likeness (QED) is 0.621. The van der Waals surface area contributed by atoms with Gasteiger partial charge in [-0.3, -0.25) is 9.78 Å². The second-order valence-corrected chi connectivity index (χ2v) is 11.5. The molecule has 7 nitrogen and oxygen atoms in total. The zero-order valence-electron chi connectivity index (χ0n) is 21.2. The predicted octanol–water partition coefficient (Wildman–Crippen LogP) is 4.92. The number of pyridine rings is 1. The number of aliphatic hydroxyl groups is 1. The lowest BCUT2D eigenvalue weighted by atomic mass is 9.42. The number of ether oxygens (including phenoxy) is 2. The first-order chi connectivity index (χ1) is 16.5. The summed E-state index contributed by atoms with van der Waals surface area (Å²) < 4.78 is 17.6. The van der Waals surface area contributed by atoms with Crippen molar-refractivity contribution in [2.24, 2.45) is 28.6 Å². The topological polar surface area (TPSA) is 98.9 Å². The van der Waals surface area contributed by atoms with Gasteiger partial charge in [-0.25, -0.2) is 4.79 Å². The van der Waals surface area contributed by atoms with E-state index in [0.29, 0.717) is 30.1 Å². The molecule has 2 aromatic heterocycles. The molecular weight excluding hydrogens is 446 g/mol. The molecule has 3 aliphatic rings. The largest absolute Gasteiger partial charge is 0.486 e. The summed E-state index contributed by atoms with van der Waals surface area (Å²) in [5.74, 6) is 0.279. The zero-order valence-corrected chi connectivity index (χ0v) is 21.2. The van der Waals surface area contributed by atoms with Gasteiger partial charge in [0.15, 0.2) is 0 Å². The molecule has 6 atom stereocenters. The van der Waals surface area contributed by atoms with Gasteiger partial charge in [0, 0.05) is 29.9 Å². The highest BCUT2D eigenvalue weighted by atomic mass is 16.5. The molecule has 3 heterocycles. The monoisotopic (exact) mass is 481 g/mol. The van der Waals surface area contributed by atoms with E-state index >= 15 is 0 Å². The third kappa shape index (κ3) is 3.53. The second kappa shape index (κ2) is 8.19. The van der Waals surface area contributed by atoms with Gasteiger partial charge in [0.2, 0.25) is 0 Å². The smallest absolute Gasteiger partial charge is 0.345 e. The standard InChI is InChI=1S/C28H35NO6/c1-6-33-24(31)17-9-11-27(4)20(26(17,2)3)10-12-28(5)23(27)22(30)21-19(35-28)14-18(34-25(21)32)16-8-7-13-29-15-16/h7-8,13-15,17,20,22-23,30H,6,9-12H2,1-5H3. The fourth-order valence-electron chi connectivity index (χ4n) is 7.83. The van der Waals surface area contributed by atoms with Crippen LogP contribution in [0, 0.1) is 28.6 Å². The number of carbonyl (C=O) groups is 1. The number of rotatable bonds is 3. The van der Waals surface area contributed by atoms with Crippen LogP contribution >= 0.6 is 0 Å². The minimum Gasteiger partial charge on any atom is -0.486 e. The van der Waals surface area contributed by atoms with Crippen molar-refractivity contribution in [1.82, 2.24) is 4.98 Å². The molecule has 0 amide bonds. The molecule has 2 aromatic rings. The first-order valence-corrected chi connectivity index (χ1v) is 12.6. The average molecular weight is 482 g/mol. The Hall–Kier alpha value is -2.67. The molecule has 7 heteroatoms. The fraction of sp³-hybridized carbons (Fsp3) is 0.607. The first-order valence-electron chi connectivity index (χ1n) is 12.6. The van der Waals surface area contributed by atoms with Crippen molar-refractivity contribution in [3.05, 3.63) is 46.6 Å². The number of hydrogen-bond donors (Lipinski definition) is 1. The van der Waals surface area contributed by atoms with E-state index in [1.807, 2.05) is 19.9 Å². The van der Waals surface area contributed by atoms with Gasteiger partial charge in [0.25, 0.3) is 0 Å². The van der Waals surface area contributed by atoms with Gasteiger partial charge in [0.05, 0.1) is 18.6 Å². The molecule has 0 bridgehead atoms. The maximum absolute atomic E-state index is 13.2. The van der Waals surface area contributed by atoms with Gasteiger partial charge in [-0.15, -0.1) is 0 Å². The third-order valence-electron chi connectivity index (χ3n) is 9.28. The van der Waals surface area contributed by atoms with Gasteiger partial charge in [-0.05, 0) is 68.4 Å². The minimum absolute atomic E-state index is 0.137. The van der Waals surface area contributed by atoms with E-state index < -0.39 is 17.3 Å². The Labute approximate surface area is 205 Å². The van der Waals surface area contributed by atoms with Crippen molar-refractivity contribution >= 4 is 5.97 Å². The zero-order chi connectivity index (χ0) is 25.2. The Bertz CT molecular complexity index is 1190. The van der Waals surface area contributed by atoms with Crippen LogP contribution in [0.3, 0.4) is 0 Å². The summed E-state index contributed by atoms with van der Waals surface area (Å²) in [5.41, 5.74) is -1.01. The maximum atomic E-state index is 13.2. The van der Waals surface area contributed by atoms with E-state index in [-0.39, 0.29) is 40.1 Å². The van der Waals surface area contributed by atoms with E-state index in [2.05, 4.69) is 25.8 Å². The van der Waals surface area contributed by atoms with Gasteiger partial charge in [0.1, 0.15) is 22.7 Å². The van der Waals surface area contributed by atoms with Crippen LogP contribution in [0.5, 0.6) is 5.75 Å². The molecule has 1 aliphatic heterocycles. The normalized spacial score (nSPS) is 35.1. The summed E-state index contributed by atoms with van der Waals surface area (Å²) in [6.45, 7) is 10.8. The number of hydrogen-bond acceptors (Lipinski definition) is 7. The van der Waals surface area contributed by atoms with Crippen molar-refractivity contribution in [1.29, 1.82) is 0 Å². The molecule has 0 spiro atoms. The van der Waals surface area contributed by atoms with Gasteiger partial charge < -0.3 is 19.0 Å². The molecule has 0 radical (unpaired) electrons. The number of nitrogens with zero attached hydrogens (tertiary/aromatic N) is 1. The lowest BCUT2D eigenvalue weighted by Crippen LogP contribution is -2.64. The van der Waals surface area contributed by atoms with Crippen LogP contribution in [0.4, 0.5) is 0 Å². The van der Waals surface area contributed by atoms with Crippen molar-refractivity contribution < 1.29 is 23.8 Å². The highest BCUT2D eigenvalue weighted by molar-refractivity contribution is 5.73. The minimum atomic E-state index is -1.02. The van der Waals surface area contributed by atoms with E-state index in [4.69, 9.17) is 13.9 Å². The lowest BCUT2D eigenvalue weighted by molar-refractivity contribution is -0.216. The Morgan fingerprint density at radius 1 is 1.23 bits per heavy atom. The number of carbonyl (C=O) groups excluding carboxylic acids is 1. The van der Waals surface area contributed by atoms with Crippen molar-refractivity contribution in [2.45, 2.75) is 72.0 Å². The number of aliphatic hydroxyl groups excluding tert-OH is 1. The lowest BCUT2D eigenvalue weighted by Gasteiger charge is -2.65. The van der Waals surface area contributed by atoms with Crippen molar-refractivity contribution in [3.63, 3.8) is 0 Å². The molecule has 2 saturated carbocycles. The van der Waals surface area contributed by atoms with E-state index in [1.165, 1.54) is 0 Å². The Balaban J connectivity index is 1.56. The molecule has 5 rings (SSSR count). The predicted molar refractivity (Wildman–Crippen MR) is 130 cm³/mol. The fourth-order valence-corrected chi connectivity index (χ4v) is 7.83. The van der Waals surface area contributed by atoms with Gasteiger partial charge in [-0.1, -0.05) is 20.8 Å². The van der Waals surface area contributed by atoms with E-state index in [1.54, 1.807) is 24.5 Å². The summed E-state index contributed by atoms with van der Waals surface area (Å²) in [5, 5.41) is 11.8. The Morgan fingerprint density at radius 2 is 2.00 bits per heavy atom. The third-order valence-corrected chi connectivity index (χ3v) is 9.28. The molecule has 0 saturated heterocycles. The SMILES string of the molecule is CCOC(=O)C1CCC2(C)C3C(O)c4c(cc(-c5cccnc5)oc4=O)OC3(C)CCC2C1(C)C. The Kier molecular flexibility index (Phi) is 5.62. The molecule has 6 unspecified atom stereocenters. The van der Waals surface area contributed by atoms with Crippen LogP contribution in [0.1, 0.15) is 72.0 Å². The van der Waals surface area contributed by atoms with Crippen LogP contribution in [0.15, 0.2) is 39.8 Å². The summed E-state index contributed by atoms with van der Waals surface area (Å²) in [7, 11) is 0. The van der Waals surface area contributed by atoms with E-state index in [9.17, 15) is 14.7 Å². The number of esters is 1. The highest BCUT2D eigenvalue weighted by Gasteiger charge is 2.66. The van der Waals surface area contributed by atoms with Gasteiger partial charge in [-0.2, -0.15) is 0 Å². The van der Waals surface area contributed by atoms with E-state index in [0.717, 1.165) is 19.3 Å². The number of fused-ring (bicyclic) bond motifs is 4. The molecule has 188 valence electrons. The van der Waals surface area contributed by atoms with Crippen molar-refractivity contribution in [3.8, 4) is 17.1 Å². The second-order valence-electron chi connectivity index (χ2n) is 11.5. The first kappa shape index (κ1) is 24.0. The molecule has 0 aromatic carbocycles. The van der Waals surface area contributed by atoms with Crippen LogP contribution in [-0.4, -0.2) is 28.3 Å². The summed E-state index contributed by atoms with van der Waals surface area (Å²) >= 11 is 0. The van der Waals surface area contributed by atoms with Crippen LogP contribution in [-0.2, 0) is 9.53 Å². The van der Waals surface area contributed by atoms with Crippen molar-refractivity contribution in [2.75, 3.05) is 6.61 Å². The highest BCUT2D eigenvalue weighted by Crippen LogP contribution is 2.67. The summed E-state index contributed by atoms with van der Waals surface area (Å²) in [6.07, 6.45) is 5.28. The van der Waals surface area contributed by atoms with Crippen LogP contribution in [0.2, 0.25) is 0 Å². The molecule has 1 N–H and O–H groups in total. The molecule has 2 fully saturated rings. The van der Waals surface area contributed by atoms with Gasteiger partial charge >= 0.3 is 11.6 Å². The summed E-state index contributed by atoms with van der Waals surface area (Å²) in [6, 6.07) is 5.30. The molecule has 35 heavy (non-hydrogen) atoms. The average Bonchev–Trinajstić information content (AvgIpc) is 2.78. The number of aromatic nitrogens is 1. The Morgan fingerprint density at radius 3 is 2.69 bits per heavy atom. The maximum Gasteiger partial charge on any atom is 0.345 e. The van der Waals surface area contributed by atoms with Crippen LogP contribution < -0.4 is 10.4 Å². The summed E-state index contributed by atoms with van der Waals surface area (Å²) in [4.78, 5) is 30.1. The molecule has 2 aliphatic carbocycles.